The monoisotopic (exact) mass is 301 g/mol. The lowest BCUT2D eigenvalue weighted by molar-refractivity contribution is 0.594. The molecule has 2 aromatic heterocycles. The lowest BCUT2D eigenvalue weighted by Gasteiger charge is -2.08. The largest absolute Gasteiger partial charge is 0.366 e. The minimum absolute atomic E-state index is 0.166. The first-order chi connectivity index (χ1) is 10.7. The number of nitrogens with one attached hydrogen (secondary N) is 2. The maximum Gasteiger partial charge on any atom is 0.326 e. The van der Waals surface area contributed by atoms with Gasteiger partial charge < -0.3 is 10.3 Å². The highest BCUT2D eigenvalue weighted by Gasteiger charge is 2.10. The average Bonchev–Trinajstić information content (AvgIpc) is 2.85. The second kappa shape index (κ2) is 5.97. The van der Waals surface area contributed by atoms with Gasteiger partial charge >= 0.3 is 5.69 Å². The smallest absolute Gasteiger partial charge is 0.326 e. The zero-order chi connectivity index (χ0) is 15.5. The molecule has 114 valence electrons. The van der Waals surface area contributed by atoms with Gasteiger partial charge in [0.2, 0.25) is 0 Å². The average molecular weight is 301 g/mol. The minimum Gasteiger partial charge on any atom is -0.366 e. The predicted octanol–water partition coefficient (Wildman–Crippen LogP) is 1.93. The van der Waals surface area contributed by atoms with Crippen molar-refractivity contribution in [3.05, 3.63) is 52.6 Å². The fourth-order valence-electron chi connectivity index (χ4n) is 2.39. The number of rotatable bonds is 5. The molecule has 22 heavy (non-hydrogen) atoms. The van der Waals surface area contributed by atoms with Gasteiger partial charge in [0.1, 0.15) is 6.33 Å². The van der Waals surface area contributed by atoms with Crippen molar-refractivity contribution in [3.8, 4) is 0 Å². The van der Waals surface area contributed by atoms with Crippen molar-refractivity contribution in [2.24, 2.45) is 0 Å². The van der Waals surface area contributed by atoms with Crippen LogP contribution in [0.4, 0.5) is 10.2 Å². The van der Waals surface area contributed by atoms with Crippen LogP contribution in [0.1, 0.15) is 12.6 Å². The van der Waals surface area contributed by atoms with Crippen LogP contribution in [0, 0.1) is 5.82 Å². The molecule has 6 nitrogen and oxygen atoms in total. The molecule has 0 aliphatic rings. The van der Waals surface area contributed by atoms with E-state index in [1.807, 2.05) is 31.2 Å². The first kappa shape index (κ1) is 14.2. The predicted molar refractivity (Wildman–Crippen MR) is 82.4 cm³/mol. The number of imidazole rings is 1. The molecule has 0 radical (unpaired) electrons. The summed E-state index contributed by atoms with van der Waals surface area (Å²) in [7, 11) is 0. The van der Waals surface area contributed by atoms with Gasteiger partial charge in [-0.1, -0.05) is 19.1 Å². The van der Waals surface area contributed by atoms with Crippen LogP contribution in [0.2, 0.25) is 0 Å². The number of aryl methyl sites for hydroxylation is 1. The van der Waals surface area contributed by atoms with Crippen LogP contribution in [0.25, 0.3) is 11.0 Å². The Morgan fingerprint density at radius 2 is 2.14 bits per heavy atom. The van der Waals surface area contributed by atoms with Crippen molar-refractivity contribution in [2.75, 3.05) is 11.9 Å². The second-order valence-electron chi connectivity index (χ2n) is 4.86. The van der Waals surface area contributed by atoms with Gasteiger partial charge in [0.25, 0.3) is 0 Å². The van der Waals surface area contributed by atoms with Crippen molar-refractivity contribution in [1.82, 2.24) is 19.5 Å². The number of hydrogen-bond donors (Lipinski definition) is 2. The van der Waals surface area contributed by atoms with Crippen LogP contribution < -0.4 is 11.0 Å². The number of para-hydroxylation sites is 2. The van der Waals surface area contributed by atoms with E-state index in [-0.39, 0.29) is 11.5 Å². The third-order valence-corrected chi connectivity index (χ3v) is 3.51. The number of benzene rings is 1. The molecule has 0 spiro atoms. The van der Waals surface area contributed by atoms with Crippen molar-refractivity contribution in [2.45, 2.75) is 19.9 Å². The SMILES string of the molecule is CCc1ncnc(NCCn2c(=O)[nH]c3ccccc32)c1F. The zero-order valence-corrected chi connectivity index (χ0v) is 12.1. The first-order valence-electron chi connectivity index (χ1n) is 7.11. The number of H-pyrrole nitrogens is 1. The molecular formula is C15H16FN5O. The summed E-state index contributed by atoms with van der Waals surface area (Å²) in [5, 5.41) is 2.92. The molecule has 7 heteroatoms. The van der Waals surface area contributed by atoms with E-state index in [2.05, 4.69) is 20.3 Å². The Hall–Kier alpha value is -2.70. The van der Waals surface area contributed by atoms with E-state index < -0.39 is 5.82 Å². The van der Waals surface area contributed by atoms with Crippen LogP contribution >= 0.6 is 0 Å². The van der Waals surface area contributed by atoms with Gasteiger partial charge in [0, 0.05) is 13.1 Å². The van der Waals surface area contributed by atoms with E-state index in [0.717, 1.165) is 11.0 Å². The van der Waals surface area contributed by atoms with Gasteiger partial charge in [0.05, 0.1) is 16.7 Å². The van der Waals surface area contributed by atoms with Crippen LogP contribution in [-0.4, -0.2) is 26.1 Å². The Kier molecular flexibility index (Phi) is 3.86. The van der Waals surface area contributed by atoms with E-state index in [4.69, 9.17) is 0 Å². The highest BCUT2D eigenvalue weighted by atomic mass is 19.1. The Morgan fingerprint density at radius 1 is 1.32 bits per heavy atom. The van der Waals surface area contributed by atoms with Gasteiger partial charge in [-0.2, -0.15) is 0 Å². The van der Waals surface area contributed by atoms with Gasteiger partial charge in [-0.3, -0.25) is 4.57 Å². The molecule has 0 amide bonds. The van der Waals surface area contributed by atoms with E-state index in [1.165, 1.54) is 6.33 Å². The van der Waals surface area contributed by atoms with Crippen molar-refractivity contribution in [3.63, 3.8) is 0 Å². The van der Waals surface area contributed by atoms with Crippen LogP contribution in [0.15, 0.2) is 35.4 Å². The summed E-state index contributed by atoms with van der Waals surface area (Å²) in [6, 6.07) is 7.45. The van der Waals surface area contributed by atoms with Crippen molar-refractivity contribution < 1.29 is 4.39 Å². The molecule has 2 N–H and O–H groups in total. The Morgan fingerprint density at radius 3 is 2.95 bits per heavy atom. The maximum atomic E-state index is 14.0. The molecule has 0 unspecified atom stereocenters. The molecule has 0 aliphatic heterocycles. The molecule has 3 rings (SSSR count). The molecular weight excluding hydrogens is 285 g/mol. The van der Waals surface area contributed by atoms with Gasteiger partial charge in [-0.05, 0) is 18.6 Å². The number of fused-ring (bicyclic) bond motifs is 1. The lowest BCUT2D eigenvalue weighted by atomic mass is 10.3. The van der Waals surface area contributed by atoms with E-state index in [0.29, 0.717) is 25.2 Å². The third kappa shape index (κ3) is 2.57. The fourth-order valence-corrected chi connectivity index (χ4v) is 2.39. The summed E-state index contributed by atoms with van der Waals surface area (Å²) in [6.45, 7) is 2.63. The summed E-state index contributed by atoms with van der Waals surface area (Å²) in [5.74, 6) is -0.268. The van der Waals surface area contributed by atoms with E-state index >= 15 is 0 Å². The summed E-state index contributed by atoms with van der Waals surface area (Å²) in [5.41, 5.74) is 1.81. The molecule has 2 heterocycles. The Balaban J connectivity index is 1.76. The van der Waals surface area contributed by atoms with E-state index in [1.54, 1.807) is 4.57 Å². The van der Waals surface area contributed by atoms with Crippen molar-refractivity contribution >= 4 is 16.9 Å². The number of hydrogen-bond acceptors (Lipinski definition) is 4. The fraction of sp³-hybridized carbons (Fsp3) is 0.267. The number of aromatic nitrogens is 4. The Bertz CT molecular complexity index is 855. The zero-order valence-electron chi connectivity index (χ0n) is 12.1. The lowest BCUT2D eigenvalue weighted by Crippen LogP contribution is -2.22. The topological polar surface area (TPSA) is 75.6 Å². The van der Waals surface area contributed by atoms with Crippen LogP contribution in [0.5, 0.6) is 0 Å². The summed E-state index contributed by atoms with van der Waals surface area (Å²) >= 11 is 0. The molecule has 1 aromatic carbocycles. The molecule has 0 saturated heterocycles. The molecule has 0 aliphatic carbocycles. The third-order valence-electron chi connectivity index (χ3n) is 3.51. The molecule has 0 saturated carbocycles. The molecule has 3 aromatic rings. The minimum atomic E-state index is -0.434. The van der Waals surface area contributed by atoms with Crippen LogP contribution in [-0.2, 0) is 13.0 Å². The number of aromatic amines is 1. The molecule has 0 bridgehead atoms. The van der Waals surface area contributed by atoms with Gasteiger partial charge in [-0.15, -0.1) is 0 Å². The first-order valence-corrected chi connectivity index (χ1v) is 7.11. The number of nitrogens with zero attached hydrogens (tertiary/aromatic N) is 3. The Labute approximate surface area is 126 Å². The summed E-state index contributed by atoms with van der Waals surface area (Å²) in [4.78, 5) is 22.5. The van der Waals surface area contributed by atoms with Crippen LogP contribution in [0.3, 0.4) is 0 Å². The second-order valence-corrected chi connectivity index (χ2v) is 4.86. The quantitative estimate of drug-likeness (QED) is 0.755. The van der Waals surface area contributed by atoms with E-state index in [9.17, 15) is 9.18 Å². The van der Waals surface area contributed by atoms with Gasteiger partial charge in [0.15, 0.2) is 11.6 Å². The molecule has 0 atom stereocenters. The highest BCUT2D eigenvalue weighted by Crippen LogP contribution is 2.13. The van der Waals surface area contributed by atoms with Gasteiger partial charge in [-0.25, -0.2) is 19.2 Å². The standard InChI is InChI=1S/C15H16FN5O/c1-2-10-13(16)14(19-9-18-10)17-7-8-21-12-6-4-3-5-11(12)20-15(21)22/h3-6,9H,2,7-8H2,1H3,(H,20,22)(H,17,18,19). The maximum absolute atomic E-state index is 14.0. The van der Waals surface area contributed by atoms with Crippen molar-refractivity contribution in [1.29, 1.82) is 0 Å². The number of halogens is 1. The normalized spacial score (nSPS) is 11.0. The summed E-state index contributed by atoms with van der Waals surface area (Å²) in [6.07, 6.45) is 1.84. The summed E-state index contributed by atoms with van der Waals surface area (Å²) < 4.78 is 15.6. The number of anilines is 1. The molecule has 0 fully saturated rings. The highest BCUT2D eigenvalue weighted by molar-refractivity contribution is 5.74.